The molecule has 15 heavy (non-hydrogen) atoms. The summed E-state index contributed by atoms with van der Waals surface area (Å²) in [5.74, 6) is 2.42. The topological polar surface area (TPSA) is 64.9 Å². The molecular formula is C11H19N3O. The lowest BCUT2D eigenvalue weighted by Gasteiger charge is -2.08. The van der Waals surface area contributed by atoms with Crippen LogP contribution in [0.4, 0.5) is 0 Å². The van der Waals surface area contributed by atoms with E-state index in [9.17, 15) is 0 Å². The van der Waals surface area contributed by atoms with Crippen molar-refractivity contribution in [2.75, 3.05) is 0 Å². The van der Waals surface area contributed by atoms with Crippen LogP contribution < -0.4 is 5.73 Å². The second kappa shape index (κ2) is 4.31. The first-order chi connectivity index (χ1) is 7.16. The van der Waals surface area contributed by atoms with Gasteiger partial charge in [0, 0.05) is 12.5 Å². The lowest BCUT2D eigenvalue weighted by Crippen LogP contribution is -2.22. The number of hydrogen-bond acceptors (Lipinski definition) is 4. The number of aromatic nitrogens is 2. The molecule has 84 valence electrons. The van der Waals surface area contributed by atoms with Crippen LogP contribution in [-0.4, -0.2) is 16.2 Å². The van der Waals surface area contributed by atoms with E-state index in [2.05, 4.69) is 24.0 Å². The third-order valence-electron chi connectivity index (χ3n) is 2.96. The Hall–Kier alpha value is -0.900. The highest BCUT2D eigenvalue weighted by molar-refractivity contribution is 5.02. The Morgan fingerprint density at radius 1 is 1.47 bits per heavy atom. The van der Waals surface area contributed by atoms with Crippen molar-refractivity contribution in [3.63, 3.8) is 0 Å². The zero-order chi connectivity index (χ0) is 10.8. The van der Waals surface area contributed by atoms with E-state index in [0.29, 0.717) is 11.8 Å². The summed E-state index contributed by atoms with van der Waals surface area (Å²) < 4.78 is 5.28. The van der Waals surface area contributed by atoms with Crippen molar-refractivity contribution in [3.8, 4) is 0 Å². The first-order valence-electron chi connectivity index (χ1n) is 5.75. The highest BCUT2D eigenvalue weighted by Gasteiger charge is 2.30. The van der Waals surface area contributed by atoms with E-state index in [-0.39, 0.29) is 6.04 Å². The van der Waals surface area contributed by atoms with Crippen LogP contribution in [0.3, 0.4) is 0 Å². The Balaban J connectivity index is 2.06. The van der Waals surface area contributed by atoms with E-state index in [1.807, 2.05) is 0 Å². The molecule has 1 aromatic rings. The molecule has 0 saturated heterocycles. The standard InChI is InChI=1S/C11H19N3O/c1-7(2)6-10-13-11(15-14-10)8-4-3-5-9(8)12/h7-9H,3-6,12H2,1-2H3. The summed E-state index contributed by atoms with van der Waals surface area (Å²) in [6, 6.07) is 0.206. The molecule has 4 heteroatoms. The minimum atomic E-state index is 0.206. The maximum Gasteiger partial charge on any atom is 0.231 e. The summed E-state index contributed by atoms with van der Waals surface area (Å²) in [6.07, 6.45) is 4.22. The largest absolute Gasteiger partial charge is 0.339 e. The van der Waals surface area contributed by atoms with Crippen molar-refractivity contribution in [3.05, 3.63) is 11.7 Å². The zero-order valence-corrected chi connectivity index (χ0v) is 9.44. The van der Waals surface area contributed by atoms with Crippen LogP contribution in [0.5, 0.6) is 0 Å². The Kier molecular flexibility index (Phi) is 3.05. The van der Waals surface area contributed by atoms with Crippen LogP contribution in [0.25, 0.3) is 0 Å². The van der Waals surface area contributed by atoms with Crippen molar-refractivity contribution >= 4 is 0 Å². The maximum absolute atomic E-state index is 5.99. The maximum atomic E-state index is 5.99. The van der Waals surface area contributed by atoms with Gasteiger partial charge in [-0.2, -0.15) is 4.98 Å². The second-order valence-corrected chi connectivity index (χ2v) is 4.85. The average molecular weight is 209 g/mol. The van der Waals surface area contributed by atoms with Gasteiger partial charge in [0.15, 0.2) is 5.82 Å². The summed E-state index contributed by atoms with van der Waals surface area (Å²) in [4.78, 5) is 4.43. The van der Waals surface area contributed by atoms with Gasteiger partial charge in [0.2, 0.25) is 5.89 Å². The molecule has 0 aliphatic heterocycles. The van der Waals surface area contributed by atoms with E-state index >= 15 is 0 Å². The van der Waals surface area contributed by atoms with E-state index in [1.165, 1.54) is 6.42 Å². The highest BCUT2D eigenvalue weighted by atomic mass is 16.5. The molecule has 0 spiro atoms. The lowest BCUT2D eigenvalue weighted by atomic mass is 10.0. The predicted octanol–water partition coefficient (Wildman–Crippen LogP) is 1.86. The molecule has 1 saturated carbocycles. The van der Waals surface area contributed by atoms with E-state index in [1.54, 1.807) is 0 Å². The minimum absolute atomic E-state index is 0.206. The minimum Gasteiger partial charge on any atom is -0.339 e. The van der Waals surface area contributed by atoms with Gasteiger partial charge in [-0.25, -0.2) is 0 Å². The summed E-state index contributed by atoms with van der Waals surface area (Å²) in [6.45, 7) is 4.30. The third kappa shape index (κ3) is 2.37. The Bertz CT molecular complexity index is 321. The van der Waals surface area contributed by atoms with Gasteiger partial charge in [0.05, 0.1) is 5.92 Å². The van der Waals surface area contributed by atoms with Gasteiger partial charge in [-0.1, -0.05) is 25.4 Å². The molecule has 1 aromatic heterocycles. The first kappa shape index (κ1) is 10.6. The van der Waals surface area contributed by atoms with Gasteiger partial charge < -0.3 is 10.3 Å². The normalized spacial score (nSPS) is 26.4. The summed E-state index contributed by atoms with van der Waals surface area (Å²) in [5, 5.41) is 3.99. The van der Waals surface area contributed by atoms with E-state index in [4.69, 9.17) is 10.3 Å². The summed E-state index contributed by atoms with van der Waals surface area (Å²) in [7, 11) is 0. The molecule has 0 radical (unpaired) electrons. The number of hydrogen-bond donors (Lipinski definition) is 1. The quantitative estimate of drug-likeness (QED) is 0.825. The van der Waals surface area contributed by atoms with Gasteiger partial charge in [0.25, 0.3) is 0 Å². The van der Waals surface area contributed by atoms with Crippen LogP contribution in [0, 0.1) is 5.92 Å². The van der Waals surface area contributed by atoms with Gasteiger partial charge in [-0.3, -0.25) is 0 Å². The molecule has 1 aliphatic carbocycles. The predicted molar refractivity (Wildman–Crippen MR) is 57.4 cm³/mol. The molecule has 4 nitrogen and oxygen atoms in total. The number of nitrogens with zero attached hydrogens (tertiary/aromatic N) is 2. The van der Waals surface area contributed by atoms with Gasteiger partial charge in [-0.05, 0) is 18.8 Å². The van der Waals surface area contributed by atoms with Gasteiger partial charge in [-0.15, -0.1) is 0 Å². The molecule has 2 rings (SSSR count). The number of rotatable bonds is 3. The first-order valence-corrected chi connectivity index (χ1v) is 5.75. The smallest absolute Gasteiger partial charge is 0.231 e. The van der Waals surface area contributed by atoms with E-state index in [0.717, 1.165) is 31.0 Å². The van der Waals surface area contributed by atoms with Gasteiger partial charge in [0.1, 0.15) is 0 Å². The fraction of sp³-hybridized carbons (Fsp3) is 0.818. The van der Waals surface area contributed by atoms with Crippen LogP contribution in [0.15, 0.2) is 4.52 Å². The monoisotopic (exact) mass is 209 g/mol. The van der Waals surface area contributed by atoms with Crippen molar-refractivity contribution in [1.82, 2.24) is 10.1 Å². The molecule has 2 N–H and O–H groups in total. The molecule has 1 heterocycles. The van der Waals surface area contributed by atoms with Crippen LogP contribution in [0.2, 0.25) is 0 Å². The molecular weight excluding hydrogens is 190 g/mol. The zero-order valence-electron chi connectivity index (χ0n) is 9.44. The fourth-order valence-electron chi connectivity index (χ4n) is 2.16. The highest BCUT2D eigenvalue weighted by Crippen LogP contribution is 2.32. The molecule has 2 atom stereocenters. The second-order valence-electron chi connectivity index (χ2n) is 4.85. The molecule has 0 bridgehead atoms. The molecule has 0 aromatic carbocycles. The molecule has 0 amide bonds. The Labute approximate surface area is 90.2 Å². The summed E-state index contributed by atoms with van der Waals surface area (Å²) >= 11 is 0. The Morgan fingerprint density at radius 2 is 2.27 bits per heavy atom. The van der Waals surface area contributed by atoms with Crippen molar-refractivity contribution < 1.29 is 4.52 Å². The fourth-order valence-corrected chi connectivity index (χ4v) is 2.16. The van der Waals surface area contributed by atoms with Crippen molar-refractivity contribution in [2.45, 2.75) is 51.5 Å². The van der Waals surface area contributed by atoms with E-state index < -0.39 is 0 Å². The average Bonchev–Trinajstić information content (AvgIpc) is 2.72. The molecule has 1 aliphatic rings. The summed E-state index contributed by atoms with van der Waals surface area (Å²) in [5.41, 5.74) is 5.99. The van der Waals surface area contributed by atoms with Crippen LogP contribution in [-0.2, 0) is 6.42 Å². The third-order valence-corrected chi connectivity index (χ3v) is 2.96. The lowest BCUT2D eigenvalue weighted by molar-refractivity contribution is 0.340. The van der Waals surface area contributed by atoms with Crippen LogP contribution in [0.1, 0.15) is 50.7 Å². The Morgan fingerprint density at radius 3 is 2.87 bits per heavy atom. The van der Waals surface area contributed by atoms with Gasteiger partial charge >= 0.3 is 0 Å². The SMILES string of the molecule is CC(C)Cc1noc(C2CCCC2N)n1. The molecule has 2 unspecified atom stereocenters. The van der Waals surface area contributed by atoms with Crippen molar-refractivity contribution in [1.29, 1.82) is 0 Å². The number of nitrogens with two attached hydrogens (primary N) is 1. The van der Waals surface area contributed by atoms with Crippen molar-refractivity contribution in [2.24, 2.45) is 11.7 Å². The van der Waals surface area contributed by atoms with Crippen LogP contribution >= 0.6 is 0 Å². The molecule has 1 fully saturated rings.